The Morgan fingerprint density at radius 3 is 2.25 bits per heavy atom. The molecule has 0 unspecified atom stereocenters. The molecule has 118 valence electrons. The summed E-state index contributed by atoms with van der Waals surface area (Å²) in [6, 6.07) is 17.6. The summed E-state index contributed by atoms with van der Waals surface area (Å²) in [5.41, 5.74) is 6.20. The van der Waals surface area contributed by atoms with E-state index in [1.807, 2.05) is 61.5 Å². The van der Waals surface area contributed by atoms with Crippen LogP contribution < -0.4 is 5.48 Å². The number of rotatable bonds is 3. The summed E-state index contributed by atoms with van der Waals surface area (Å²) in [6.07, 6.45) is 0. The van der Waals surface area contributed by atoms with E-state index in [0.717, 1.165) is 32.2 Å². The molecule has 0 aliphatic heterocycles. The molecule has 4 rings (SSSR count). The van der Waals surface area contributed by atoms with Crippen molar-refractivity contribution in [3.8, 4) is 21.1 Å². The van der Waals surface area contributed by atoms with E-state index in [0.29, 0.717) is 11.5 Å². The maximum Gasteiger partial charge on any atom is 0.177 e. The highest BCUT2D eigenvalue weighted by Gasteiger charge is 2.17. The molecule has 0 saturated carbocycles. The number of para-hydroxylation sites is 2. The Morgan fingerprint density at radius 2 is 1.54 bits per heavy atom. The van der Waals surface area contributed by atoms with Crippen molar-refractivity contribution >= 4 is 28.2 Å². The van der Waals surface area contributed by atoms with Gasteiger partial charge in [-0.15, -0.1) is 11.3 Å². The lowest BCUT2D eigenvalue weighted by atomic mass is 10.2. The number of benzene rings is 2. The molecule has 0 amide bonds. The maximum atomic E-state index is 9.49. The number of aryl methyl sites for hydroxylation is 1. The monoisotopic (exact) mass is 334 g/mol. The van der Waals surface area contributed by atoms with Gasteiger partial charge in [0.05, 0.1) is 21.6 Å². The first kappa shape index (κ1) is 14.7. The van der Waals surface area contributed by atoms with E-state index in [1.165, 1.54) is 11.3 Å². The third-order valence-electron chi connectivity index (χ3n) is 3.71. The van der Waals surface area contributed by atoms with E-state index in [2.05, 4.69) is 20.4 Å². The second-order valence-corrected chi connectivity index (χ2v) is 6.32. The standard InChI is InChI=1S/C18H14N4OS/c1-11-16(24-18(19-11)12-7-3-2-4-8-12)15-17(22-23)21-14-10-6-5-9-13(14)20-15/h2-10,23H,1H3,(H,21,22). The van der Waals surface area contributed by atoms with Gasteiger partial charge in [0, 0.05) is 5.56 Å². The van der Waals surface area contributed by atoms with Crippen molar-refractivity contribution in [2.75, 3.05) is 5.48 Å². The molecule has 2 heterocycles. The average molecular weight is 334 g/mol. The highest BCUT2D eigenvalue weighted by Crippen LogP contribution is 2.37. The van der Waals surface area contributed by atoms with Crippen molar-refractivity contribution in [2.24, 2.45) is 0 Å². The predicted octanol–water partition coefficient (Wildman–Crippen LogP) is 4.53. The van der Waals surface area contributed by atoms with Crippen LogP contribution in [-0.2, 0) is 0 Å². The Hall–Kier alpha value is -2.83. The van der Waals surface area contributed by atoms with Crippen LogP contribution in [0.1, 0.15) is 5.69 Å². The molecule has 5 nitrogen and oxygen atoms in total. The fourth-order valence-corrected chi connectivity index (χ4v) is 3.62. The van der Waals surface area contributed by atoms with Gasteiger partial charge in [0.15, 0.2) is 5.82 Å². The van der Waals surface area contributed by atoms with Crippen molar-refractivity contribution in [2.45, 2.75) is 6.92 Å². The van der Waals surface area contributed by atoms with Crippen LogP contribution in [0.4, 0.5) is 5.82 Å². The van der Waals surface area contributed by atoms with Crippen LogP contribution in [0.15, 0.2) is 54.6 Å². The minimum atomic E-state index is 0.333. The van der Waals surface area contributed by atoms with Crippen molar-refractivity contribution in [1.29, 1.82) is 0 Å². The van der Waals surface area contributed by atoms with Crippen LogP contribution in [0.5, 0.6) is 0 Å². The highest BCUT2D eigenvalue weighted by molar-refractivity contribution is 7.18. The number of nitrogens with zero attached hydrogens (tertiary/aromatic N) is 3. The zero-order valence-corrected chi connectivity index (χ0v) is 13.7. The first-order valence-corrected chi connectivity index (χ1v) is 8.28. The Bertz CT molecular complexity index is 1010. The van der Waals surface area contributed by atoms with Gasteiger partial charge < -0.3 is 0 Å². The molecule has 24 heavy (non-hydrogen) atoms. The molecule has 0 spiro atoms. The highest BCUT2D eigenvalue weighted by atomic mass is 32.1. The normalized spacial score (nSPS) is 10.9. The Morgan fingerprint density at radius 1 is 0.875 bits per heavy atom. The molecule has 4 aromatic rings. The van der Waals surface area contributed by atoms with Gasteiger partial charge in [-0.25, -0.2) is 15.0 Å². The Kier molecular flexibility index (Phi) is 3.68. The summed E-state index contributed by atoms with van der Waals surface area (Å²) in [7, 11) is 0. The Balaban J connectivity index is 1.90. The molecule has 0 radical (unpaired) electrons. The van der Waals surface area contributed by atoms with Gasteiger partial charge in [-0.05, 0) is 19.1 Å². The number of aromatic nitrogens is 3. The molecule has 0 fully saturated rings. The van der Waals surface area contributed by atoms with E-state index in [1.54, 1.807) is 0 Å². The molecular weight excluding hydrogens is 320 g/mol. The molecule has 0 atom stereocenters. The summed E-state index contributed by atoms with van der Waals surface area (Å²) < 4.78 is 0. The van der Waals surface area contributed by atoms with E-state index in [-0.39, 0.29) is 0 Å². The SMILES string of the molecule is Cc1nc(-c2ccccc2)sc1-c1nc2ccccc2nc1NO. The van der Waals surface area contributed by atoms with Gasteiger partial charge in [-0.2, -0.15) is 0 Å². The van der Waals surface area contributed by atoms with E-state index in [4.69, 9.17) is 0 Å². The van der Waals surface area contributed by atoms with Crippen molar-refractivity contribution in [1.82, 2.24) is 15.0 Å². The zero-order chi connectivity index (χ0) is 16.5. The number of nitrogens with one attached hydrogen (secondary N) is 1. The number of hydrogen-bond donors (Lipinski definition) is 2. The molecule has 0 bridgehead atoms. The lowest BCUT2D eigenvalue weighted by Gasteiger charge is -2.07. The first-order valence-electron chi connectivity index (χ1n) is 7.46. The fourth-order valence-electron chi connectivity index (χ4n) is 2.56. The molecular formula is C18H14N4OS. The predicted molar refractivity (Wildman–Crippen MR) is 96.2 cm³/mol. The number of anilines is 1. The van der Waals surface area contributed by atoms with Crippen molar-refractivity contribution < 1.29 is 5.21 Å². The Labute approximate surface area is 142 Å². The van der Waals surface area contributed by atoms with Gasteiger partial charge in [-0.3, -0.25) is 10.7 Å². The molecule has 2 aromatic carbocycles. The second kappa shape index (κ2) is 5.99. The van der Waals surface area contributed by atoms with Crippen LogP contribution in [0.25, 0.3) is 32.2 Å². The van der Waals surface area contributed by atoms with Gasteiger partial charge in [0.25, 0.3) is 0 Å². The third-order valence-corrected chi connectivity index (χ3v) is 4.92. The smallest absolute Gasteiger partial charge is 0.177 e. The fraction of sp³-hybridized carbons (Fsp3) is 0.0556. The molecule has 2 N–H and O–H groups in total. The van der Waals surface area contributed by atoms with Gasteiger partial charge >= 0.3 is 0 Å². The second-order valence-electron chi connectivity index (χ2n) is 5.32. The lowest BCUT2D eigenvalue weighted by molar-refractivity contribution is 0.386. The summed E-state index contributed by atoms with van der Waals surface area (Å²) in [4.78, 5) is 14.7. The topological polar surface area (TPSA) is 70.9 Å². The largest absolute Gasteiger partial charge is 0.290 e. The average Bonchev–Trinajstić information content (AvgIpc) is 3.03. The van der Waals surface area contributed by atoms with Gasteiger partial charge in [0.2, 0.25) is 0 Å². The quantitative estimate of drug-likeness (QED) is 0.539. The van der Waals surface area contributed by atoms with Crippen LogP contribution >= 0.6 is 11.3 Å². The van der Waals surface area contributed by atoms with Crippen LogP contribution in [0.3, 0.4) is 0 Å². The van der Waals surface area contributed by atoms with Crippen molar-refractivity contribution in [3.05, 3.63) is 60.3 Å². The summed E-state index contributed by atoms with van der Waals surface area (Å²) in [5, 5.41) is 10.4. The summed E-state index contributed by atoms with van der Waals surface area (Å²) in [6.45, 7) is 1.94. The molecule has 0 aliphatic rings. The number of hydrogen-bond acceptors (Lipinski definition) is 6. The minimum Gasteiger partial charge on any atom is -0.290 e. The number of fused-ring (bicyclic) bond motifs is 1. The van der Waals surface area contributed by atoms with E-state index >= 15 is 0 Å². The van der Waals surface area contributed by atoms with E-state index < -0.39 is 0 Å². The first-order chi connectivity index (χ1) is 11.8. The summed E-state index contributed by atoms with van der Waals surface area (Å²) in [5.74, 6) is 0.333. The van der Waals surface area contributed by atoms with E-state index in [9.17, 15) is 5.21 Å². The van der Waals surface area contributed by atoms with Gasteiger partial charge in [0.1, 0.15) is 10.7 Å². The molecule has 0 saturated heterocycles. The van der Waals surface area contributed by atoms with Crippen molar-refractivity contribution in [3.63, 3.8) is 0 Å². The molecule has 2 aromatic heterocycles. The molecule has 6 heteroatoms. The lowest BCUT2D eigenvalue weighted by Crippen LogP contribution is -1.99. The minimum absolute atomic E-state index is 0.333. The maximum absolute atomic E-state index is 9.49. The summed E-state index contributed by atoms with van der Waals surface area (Å²) >= 11 is 1.54. The van der Waals surface area contributed by atoms with Crippen LogP contribution in [-0.4, -0.2) is 20.2 Å². The number of thiazole rings is 1. The van der Waals surface area contributed by atoms with Crippen LogP contribution in [0.2, 0.25) is 0 Å². The van der Waals surface area contributed by atoms with Gasteiger partial charge in [-0.1, -0.05) is 42.5 Å². The zero-order valence-electron chi connectivity index (χ0n) is 12.9. The molecule has 0 aliphatic carbocycles. The third kappa shape index (κ3) is 2.51. The van der Waals surface area contributed by atoms with Crippen LogP contribution in [0, 0.1) is 6.92 Å².